The highest BCUT2D eigenvalue weighted by Crippen LogP contribution is 2.16. The number of hydrogen-bond acceptors (Lipinski definition) is 2. The summed E-state index contributed by atoms with van der Waals surface area (Å²) in [6.07, 6.45) is 1.01. The predicted molar refractivity (Wildman–Crippen MR) is 91.3 cm³/mol. The number of nitrogens with one attached hydrogen (secondary N) is 1. The van der Waals surface area contributed by atoms with Gasteiger partial charge in [0.2, 0.25) is 0 Å². The minimum atomic E-state index is -2.82. The standard InChI is InChI=1S/C14H21F2N3O.HI/c1-10(2)6-7-18-14(17)19-9-11-4-3-5-12(8-11)20-13(15)16;/h3-5,8,10,13H,6-7,9H2,1-2H3,(H3,17,18,19);1H. The molecule has 7 heteroatoms. The lowest BCUT2D eigenvalue weighted by atomic mass is 10.1. The molecular weight excluding hydrogens is 391 g/mol. The van der Waals surface area contributed by atoms with Crippen LogP contribution in [0.5, 0.6) is 5.75 Å². The van der Waals surface area contributed by atoms with Gasteiger partial charge in [-0.05, 0) is 30.0 Å². The average Bonchev–Trinajstić information content (AvgIpc) is 2.35. The molecule has 0 bridgehead atoms. The second kappa shape index (κ2) is 10.6. The molecule has 0 heterocycles. The largest absolute Gasteiger partial charge is 0.435 e. The van der Waals surface area contributed by atoms with E-state index in [1.165, 1.54) is 12.1 Å². The van der Waals surface area contributed by atoms with E-state index in [0.29, 0.717) is 18.4 Å². The van der Waals surface area contributed by atoms with E-state index in [1.807, 2.05) is 0 Å². The summed E-state index contributed by atoms with van der Waals surface area (Å²) in [5.41, 5.74) is 6.48. The molecule has 0 unspecified atom stereocenters. The van der Waals surface area contributed by atoms with Gasteiger partial charge in [0.15, 0.2) is 5.96 Å². The zero-order valence-corrected chi connectivity index (χ0v) is 14.5. The molecule has 3 N–H and O–H groups in total. The summed E-state index contributed by atoms with van der Waals surface area (Å²) in [6, 6.07) is 6.43. The third kappa shape index (κ3) is 9.43. The summed E-state index contributed by atoms with van der Waals surface area (Å²) in [5.74, 6) is 1.07. The van der Waals surface area contributed by atoms with Crippen LogP contribution in [0.3, 0.4) is 0 Å². The van der Waals surface area contributed by atoms with Crippen LogP contribution < -0.4 is 15.8 Å². The summed E-state index contributed by atoms with van der Waals surface area (Å²) >= 11 is 0. The molecule has 1 aromatic carbocycles. The summed E-state index contributed by atoms with van der Waals surface area (Å²) in [7, 11) is 0. The number of aliphatic imine (C=N–C) groups is 1. The number of benzene rings is 1. The van der Waals surface area contributed by atoms with Crippen LogP contribution in [0.4, 0.5) is 8.78 Å². The first kappa shape index (κ1) is 19.9. The van der Waals surface area contributed by atoms with Gasteiger partial charge in [0, 0.05) is 6.54 Å². The Morgan fingerprint density at radius 2 is 2.10 bits per heavy atom. The van der Waals surface area contributed by atoms with Gasteiger partial charge in [0.05, 0.1) is 6.54 Å². The van der Waals surface area contributed by atoms with Crippen LogP contribution in [-0.4, -0.2) is 19.1 Å². The maximum atomic E-state index is 12.1. The second-order valence-corrected chi connectivity index (χ2v) is 4.84. The number of guanidine groups is 1. The van der Waals surface area contributed by atoms with Gasteiger partial charge in [-0.15, -0.1) is 24.0 Å². The van der Waals surface area contributed by atoms with Crippen molar-refractivity contribution in [1.82, 2.24) is 5.32 Å². The van der Waals surface area contributed by atoms with Crippen LogP contribution in [0.1, 0.15) is 25.8 Å². The Morgan fingerprint density at radius 3 is 2.71 bits per heavy atom. The Morgan fingerprint density at radius 1 is 1.38 bits per heavy atom. The van der Waals surface area contributed by atoms with Gasteiger partial charge in [-0.25, -0.2) is 4.99 Å². The van der Waals surface area contributed by atoms with Gasteiger partial charge in [0.1, 0.15) is 5.75 Å². The second-order valence-electron chi connectivity index (χ2n) is 4.84. The Labute approximate surface area is 141 Å². The molecule has 0 fully saturated rings. The van der Waals surface area contributed by atoms with Crippen molar-refractivity contribution >= 4 is 29.9 Å². The molecule has 0 spiro atoms. The minimum absolute atomic E-state index is 0. The Bertz CT molecular complexity index is 442. The molecule has 120 valence electrons. The molecule has 21 heavy (non-hydrogen) atoms. The fourth-order valence-corrected chi connectivity index (χ4v) is 1.54. The number of alkyl halides is 2. The summed E-state index contributed by atoms with van der Waals surface area (Å²) in [6.45, 7) is 2.52. The monoisotopic (exact) mass is 413 g/mol. The van der Waals surface area contributed by atoms with Gasteiger partial charge in [-0.1, -0.05) is 26.0 Å². The molecule has 1 rings (SSSR count). The highest BCUT2D eigenvalue weighted by molar-refractivity contribution is 14.0. The van der Waals surface area contributed by atoms with E-state index in [4.69, 9.17) is 5.73 Å². The van der Waals surface area contributed by atoms with Gasteiger partial charge in [0.25, 0.3) is 0 Å². The maximum absolute atomic E-state index is 12.1. The lowest BCUT2D eigenvalue weighted by Crippen LogP contribution is -2.32. The molecule has 0 saturated carbocycles. The summed E-state index contributed by atoms with van der Waals surface area (Å²) in [5, 5.41) is 3.01. The van der Waals surface area contributed by atoms with Crippen molar-refractivity contribution < 1.29 is 13.5 Å². The van der Waals surface area contributed by atoms with E-state index in [9.17, 15) is 8.78 Å². The van der Waals surface area contributed by atoms with Gasteiger partial charge >= 0.3 is 6.61 Å². The van der Waals surface area contributed by atoms with Crippen molar-refractivity contribution in [3.05, 3.63) is 29.8 Å². The van der Waals surface area contributed by atoms with Crippen LogP contribution in [-0.2, 0) is 6.54 Å². The summed E-state index contributed by atoms with van der Waals surface area (Å²) in [4.78, 5) is 4.15. The molecule has 0 aromatic heterocycles. The molecule has 0 aliphatic heterocycles. The highest BCUT2D eigenvalue weighted by atomic mass is 127. The van der Waals surface area contributed by atoms with Crippen molar-refractivity contribution in [2.75, 3.05) is 6.54 Å². The van der Waals surface area contributed by atoms with Crippen molar-refractivity contribution in [3.63, 3.8) is 0 Å². The molecule has 0 saturated heterocycles. The van der Waals surface area contributed by atoms with Gasteiger partial charge in [-0.2, -0.15) is 8.78 Å². The fourth-order valence-electron chi connectivity index (χ4n) is 1.54. The third-order valence-electron chi connectivity index (χ3n) is 2.58. The number of halogens is 3. The lowest BCUT2D eigenvalue weighted by Gasteiger charge is -2.08. The van der Waals surface area contributed by atoms with Crippen LogP contribution >= 0.6 is 24.0 Å². The molecular formula is C14H22F2IN3O. The maximum Gasteiger partial charge on any atom is 0.387 e. The summed E-state index contributed by atoms with van der Waals surface area (Å²) < 4.78 is 28.5. The predicted octanol–water partition coefficient (Wildman–Crippen LogP) is 3.36. The van der Waals surface area contributed by atoms with E-state index in [0.717, 1.165) is 18.5 Å². The molecule has 0 radical (unpaired) electrons. The Hall–Kier alpha value is -1.12. The quantitative estimate of drug-likeness (QED) is 0.410. The first-order valence-electron chi connectivity index (χ1n) is 6.55. The number of rotatable bonds is 7. The van der Waals surface area contributed by atoms with Crippen molar-refractivity contribution in [2.45, 2.75) is 33.4 Å². The van der Waals surface area contributed by atoms with Crippen LogP contribution in [0, 0.1) is 5.92 Å². The number of ether oxygens (including phenoxy) is 1. The normalized spacial score (nSPS) is 11.4. The smallest absolute Gasteiger partial charge is 0.387 e. The lowest BCUT2D eigenvalue weighted by molar-refractivity contribution is -0.0498. The molecule has 0 amide bonds. The van der Waals surface area contributed by atoms with Crippen molar-refractivity contribution in [2.24, 2.45) is 16.6 Å². The fraction of sp³-hybridized carbons (Fsp3) is 0.500. The zero-order chi connectivity index (χ0) is 15.0. The van der Waals surface area contributed by atoms with E-state index in [-0.39, 0.29) is 29.7 Å². The SMILES string of the molecule is CC(C)CCNC(N)=NCc1cccc(OC(F)F)c1.I. The average molecular weight is 413 g/mol. The van der Waals surface area contributed by atoms with Gasteiger partial charge < -0.3 is 15.8 Å². The van der Waals surface area contributed by atoms with Crippen LogP contribution in [0.15, 0.2) is 29.3 Å². The van der Waals surface area contributed by atoms with Gasteiger partial charge in [-0.3, -0.25) is 0 Å². The third-order valence-corrected chi connectivity index (χ3v) is 2.58. The van der Waals surface area contributed by atoms with Crippen molar-refractivity contribution in [3.8, 4) is 5.75 Å². The highest BCUT2D eigenvalue weighted by Gasteiger charge is 2.04. The molecule has 4 nitrogen and oxygen atoms in total. The van der Waals surface area contributed by atoms with E-state index >= 15 is 0 Å². The number of nitrogens with zero attached hydrogens (tertiary/aromatic N) is 1. The van der Waals surface area contributed by atoms with Crippen molar-refractivity contribution in [1.29, 1.82) is 0 Å². The van der Waals surface area contributed by atoms with E-state index < -0.39 is 6.61 Å². The first-order valence-corrected chi connectivity index (χ1v) is 6.55. The molecule has 1 aromatic rings. The zero-order valence-electron chi connectivity index (χ0n) is 12.2. The Kier molecular flexibility index (Phi) is 10.0. The van der Waals surface area contributed by atoms with E-state index in [1.54, 1.807) is 12.1 Å². The van der Waals surface area contributed by atoms with E-state index in [2.05, 4.69) is 28.9 Å². The number of hydrogen-bond donors (Lipinski definition) is 2. The first-order chi connectivity index (χ1) is 9.47. The topological polar surface area (TPSA) is 59.6 Å². The Balaban J connectivity index is 0.00000400. The van der Waals surface area contributed by atoms with Crippen LogP contribution in [0.2, 0.25) is 0 Å². The molecule has 0 aliphatic carbocycles. The minimum Gasteiger partial charge on any atom is -0.435 e. The molecule has 0 aliphatic rings. The number of nitrogens with two attached hydrogens (primary N) is 1. The molecule has 0 atom stereocenters. The van der Waals surface area contributed by atoms with Crippen LogP contribution in [0.25, 0.3) is 0 Å².